The number of aromatic nitrogens is 4. The van der Waals surface area contributed by atoms with E-state index in [0.29, 0.717) is 10.7 Å². The minimum absolute atomic E-state index is 0.0493. The number of tetrazole rings is 1. The highest BCUT2D eigenvalue weighted by atomic mass is 32.2. The Hall–Kier alpha value is -2.67. The Morgan fingerprint density at radius 3 is 2.76 bits per heavy atom. The molecule has 0 atom stereocenters. The van der Waals surface area contributed by atoms with E-state index in [9.17, 15) is 4.79 Å². The van der Waals surface area contributed by atoms with E-state index in [-0.39, 0.29) is 11.5 Å². The molecular formula is C18H18N4O2S. The molecule has 1 heterocycles. The Labute approximate surface area is 150 Å². The summed E-state index contributed by atoms with van der Waals surface area (Å²) in [4.78, 5) is 12.4. The van der Waals surface area contributed by atoms with Gasteiger partial charge in [0.25, 0.3) is 0 Å². The number of carbonyl (C=O) groups is 1. The van der Waals surface area contributed by atoms with Gasteiger partial charge in [0.05, 0.1) is 18.6 Å². The van der Waals surface area contributed by atoms with E-state index < -0.39 is 0 Å². The molecule has 0 aliphatic carbocycles. The molecule has 3 aromatic rings. The molecule has 0 fully saturated rings. The van der Waals surface area contributed by atoms with Crippen LogP contribution in [0, 0.1) is 13.8 Å². The van der Waals surface area contributed by atoms with Gasteiger partial charge in [-0.2, -0.15) is 4.68 Å². The quantitative estimate of drug-likeness (QED) is 0.500. The summed E-state index contributed by atoms with van der Waals surface area (Å²) in [5.74, 6) is 1.04. The minimum Gasteiger partial charge on any atom is -0.497 e. The van der Waals surface area contributed by atoms with Crippen LogP contribution in [0.1, 0.15) is 21.5 Å². The number of thioether (sulfide) groups is 1. The van der Waals surface area contributed by atoms with Crippen LogP contribution in [-0.2, 0) is 0 Å². The number of ketones is 1. The van der Waals surface area contributed by atoms with E-state index in [4.69, 9.17) is 4.74 Å². The van der Waals surface area contributed by atoms with Crippen molar-refractivity contribution >= 4 is 17.5 Å². The number of carbonyl (C=O) groups excluding carboxylic acids is 1. The monoisotopic (exact) mass is 354 g/mol. The van der Waals surface area contributed by atoms with E-state index >= 15 is 0 Å². The van der Waals surface area contributed by atoms with E-state index in [1.54, 1.807) is 11.8 Å². The molecule has 2 aromatic carbocycles. The van der Waals surface area contributed by atoms with E-state index in [1.807, 2.05) is 56.3 Å². The van der Waals surface area contributed by atoms with Gasteiger partial charge in [-0.05, 0) is 53.6 Å². The average molecular weight is 354 g/mol. The zero-order valence-electron chi connectivity index (χ0n) is 14.3. The maximum absolute atomic E-state index is 12.4. The van der Waals surface area contributed by atoms with Crippen molar-refractivity contribution in [3.05, 3.63) is 59.2 Å². The predicted molar refractivity (Wildman–Crippen MR) is 96.7 cm³/mol. The minimum atomic E-state index is 0.0493. The topological polar surface area (TPSA) is 69.9 Å². The number of ether oxygens (including phenoxy) is 1. The second-order valence-corrected chi connectivity index (χ2v) is 6.53. The van der Waals surface area contributed by atoms with Crippen molar-refractivity contribution in [1.29, 1.82) is 0 Å². The first-order chi connectivity index (χ1) is 12.1. The van der Waals surface area contributed by atoms with Crippen LogP contribution >= 0.6 is 11.8 Å². The smallest absolute Gasteiger partial charge is 0.214 e. The van der Waals surface area contributed by atoms with Crippen molar-refractivity contribution in [2.24, 2.45) is 0 Å². The third kappa shape index (κ3) is 3.88. The molecule has 6 nitrogen and oxygen atoms in total. The number of aryl methyl sites for hydroxylation is 2. The van der Waals surface area contributed by atoms with Gasteiger partial charge in [0, 0.05) is 11.6 Å². The summed E-state index contributed by atoms with van der Waals surface area (Å²) in [7, 11) is 1.61. The molecule has 3 rings (SSSR count). The third-order valence-corrected chi connectivity index (χ3v) is 4.82. The number of rotatable bonds is 6. The summed E-state index contributed by atoms with van der Waals surface area (Å²) in [5, 5.41) is 12.3. The molecule has 0 aliphatic rings. The normalized spacial score (nSPS) is 10.7. The van der Waals surface area contributed by atoms with Gasteiger partial charge in [0.1, 0.15) is 5.75 Å². The van der Waals surface area contributed by atoms with Gasteiger partial charge in [0.2, 0.25) is 5.16 Å². The number of methoxy groups -OCH3 is 1. The van der Waals surface area contributed by atoms with Crippen LogP contribution in [0.15, 0.2) is 47.6 Å². The molecule has 7 heteroatoms. The van der Waals surface area contributed by atoms with Crippen LogP contribution in [0.5, 0.6) is 5.75 Å². The van der Waals surface area contributed by atoms with Gasteiger partial charge in [-0.15, -0.1) is 5.10 Å². The molecular weight excluding hydrogens is 336 g/mol. The predicted octanol–water partition coefficient (Wildman–Crippen LogP) is 3.26. The van der Waals surface area contributed by atoms with Crippen molar-refractivity contribution in [2.75, 3.05) is 12.9 Å². The average Bonchev–Trinajstić information content (AvgIpc) is 3.10. The van der Waals surface area contributed by atoms with Crippen molar-refractivity contribution in [3.8, 4) is 11.4 Å². The molecule has 0 radical (unpaired) electrons. The van der Waals surface area contributed by atoms with E-state index in [2.05, 4.69) is 15.5 Å². The van der Waals surface area contributed by atoms with Crippen LogP contribution in [0.2, 0.25) is 0 Å². The van der Waals surface area contributed by atoms with E-state index in [0.717, 1.165) is 17.0 Å². The molecule has 0 saturated heterocycles. The summed E-state index contributed by atoms with van der Waals surface area (Å²) in [6, 6.07) is 13.2. The lowest BCUT2D eigenvalue weighted by atomic mass is 10.0. The molecule has 0 unspecified atom stereocenters. The van der Waals surface area contributed by atoms with Crippen LogP contribution < -0.4 is 4.74 Å². The van der Waals surface area contributed by atoms with Crippen molar-refractivity contribution in [3.63, 3.8) is 0 Å². The molecule has 0 amide bonds. The zero-order valence-corrected chi connectivity index (χ0v) is 15.1. The Bertz CT molecular complexity index is 908. The molecule has 0 saturated carbocycles. The highest BCUT2D eigenvalue weighted by Crippen LogP contribution is 2.22. The number of hydrogen-bond acceptors (Lipinski definition) is 6. The van der Waals surface area contributed by atoms with E-state index in [1.165, 1.54) is 17.3 Å². The largest absolute Gasteiger partial charge is 0.497 e. The molecule has 0 N–H and O–H groups in total. The lowest BCUT2D eigenvalue weighted by molar-refractivity contribution is 0.102. The molecule has 0 bridgehead atoms. The fourth-order valence-electron chi connectivity index (χ4n) is 2.30. The Morgan fingerprint density at radius 1 is 1.16 bits per heavy atom. The second kappa shape index (κ2) is 7.48. The van der Waals surface area contributed by atoms with Gasteiger partial charge in [0.15, 0.2) is 5.78 Å². The van der Waals surface area contributed by atoms with Crippen LogP contribution in [0.25, 0.3) is 5.69 Å². The first kappa shape index (κ1) is 17.2. The highest BCUT2D eigenvalue weighted by molar-refractivity contribution is 7.99. The van der Waals surface area contributed by atoms with Crippen LogP contribution in [-0.4, -0.2) is 38.9 Å². The molecule has 128 valence electrons. The van der Waals surface area contributed by atoms with Crippen molar-refractivity contribution in [2.45, 2.75) is 19.0 Å². The zero-order chi connectivity index (χ0) is 17.8. The highest BCUT2D eigenvalue weighted by Gasteiger charge is 2.13. The van der Waals surface area contributed by atoms with Crippen molar-refractivity contribution in [1.82, 2.24) is 20.2 Å². The fraction of sp³-hybridized carbons (Fsp3) is 0.222. The summed E-state index contributed by atoms with van der Waals surface area (Å²) < 4.78 is 6.82. The molecule has 1 aromatic heterocycles. The maximum Gasteiger partial charge on any atom is 0.214 e. The van der Waals surface area contributed by atoms with Gasteiger partial charge >= 0.3 is 0 Å². The number of nitrogens with zero attached hydrogens (tertiary/aromatic N) is 4. The summed E-state index contributed by atoms with van der Waals surface area (Å²) >= 11 is 1.31. The van der Waals surface area contributed by atoms with Gasteiger partial charge in [-0.1, -0.05) is 30.0 Å². The Morgan fingerprint density at radius 2 is 2.00 bits per heavy atom. The Balaban J connectivity index is 1.75. The first-order valence-corrected chi connectivity index (χ1v) is 8.73. The second-order valence-electron chi connectivity index (χ2n) is 5.59. The maximum atomic E-state index is 12.4. The van der Waals surface area contributed by atoms with Crippen LogP contribution in [0.3, 0.4) is 0 Å². The lowest BCUT2D eigenvalue weighted by Crippen LogP contribution is -2.05. The van der Waals surface area contributed by atoms with Gasteiger partial charge < -0.3 is 4.74 Å². The fourth-order valence-corrected chi connectivity index (χ4v) is 3.09. The molecule has 0 spiro atoms. The molecule has 0 aliphatic heterocycles. The SMILES string of the molecule is COc1cccc(-n2nnnc2SCC(=O)c2ccc(C)c(C)c2)c1. The van der Waals surface area contributed by atoms with Gasteiger partial charge in [-0.3, -0.25) is 4.79 Å². The first-order valence-electron chi connectivity index (χ1n) is 7.74. The number of Topliss-reactive ketones (excluding diaryl/α,β-unsaturated/α-hetero) is 1. The number of hydrogen-bond donors (Lipinski definition) is 0. The lowest BCUT2D eigenvalue weighted by Gasteiger charge is -2.07. The number of benzene rings is 2. The summed E-state index contributed by atoms with van der Waals surface area (Å²) in [6.45, 7) is 4.03. The summed E-state index contributed by atoms with van der Waals surface area (Å²) in [6.07, 6.45) is 0. The Kier molecular flexibility index (Phi) is 5.14. The third-order valence-electron chi connectivity index (χ3n) is 3.90. The summed E-state index contributed by atoms with van der Waals surface area (Å²) in [5.41, 5.74) is 3.77. The molecule has 25 heavy (non-hydrogen) atoms. The van der Waals surface area contributed by atoms with Crippen LogP contribution in [0.4, 0.5) is 0 Å². The van der Waals surface area contributed by atoms with Crippen molar-refractivity contribution < 1.29 is 9.53 Å². The standard InChI is InChI=1S/C18H18N4O2S/c1-12-7-8-14(9-13(12)2)17(23)11-25-18-19-20-21-22(18)15-5-4-6-16(10-15)24-3/h4-10H,11H2,1-3H3. The van der Waals surface area contributed by atoms with Gasteiger partial charge in [-0.25, -0.2) is 0 Å².